The maximum atomic E-state index is 10.3. The van der Waals surface area contributed by atoms with E-state index in [-0.39, 0.29) is 0 Å². The molecule has 0 saturated carbocycles. The highest BCUT2D eigenvalue weighted by molar-refractivity contribution is 5.76. The summed E-state index contributed by atoms with van der Waals surface area (Å²) in [7, 11) is 1.93. The minimum atomic E-state index is 0.407. The molecular formula is C9H15NO. The van der Waals surface area contributed by atoms with Crippen molar-refractivity contribution in [1.29, 1.82) is 0 Å². The summed E-state index contributed by atoms with van der Waals surface area (Å²) in [5.41, 5.74) is 0.612. The fourth-order valence-electron chi connectivity index (χ4n) is 0.515. The van der Waals surface area contributed by atoms with Crippen LogP contribution in [0.1, 0.15) is 13.8 Å². The van der Waals surface area contributed by atoms with E-state index in [4.69, 9.17) is 0 Å². The number of hydrogen-bond acceptors (Lipinski definition) is 2. The molecule has 0 aliphatic heterocycles. The van der Waals surface area contributed by atoms with Crippen molar-refractivity contribution in [2.24, 2.45) is 0 Å². The van der Waals surface area contributed by atoms with Crippen molar-refractivity contribution in [2.45, 2.75) is 19.9 Å². The van der Waals surface area contributed by atoms with E-state index in [0.717, 1.165) is 6.29 Å². The van der Waals surface area contributed by atoms with E-state index in [1.807, 2.05) is 11.9 Å². The van der Waals surface area contributed by atoms with Crippen molar-refractivity contribution in [3.8, 4) is 0 Å². The van der Waals surface area contributed by atoms with Crippen LogP contribution in [-0.2, 0) is 4.79 Å². The highest BCUT2D eigenvalue weighted by atomic mass is 16.1. The highest BCUT2D eigenvalue weighted by Crippen LogP contribution is 1.98. The highest BCUT2D eigenvalue weighted by Gasteiger charge is 1.97. The van der Waals surface area contributed by atoms with Gasteiger partial charge in [-0.15, -0.1) is 0 Å². The smallest absolute Gasteiger partial charge is 0.151 e. The minimum Gasteiger partial charge on any atom is -0.377 e. The van der Waals surface area contributed by atoms with E-state index in [1.165, 1.54) is 0 Å². The van der Waals surface area contributed by atoms with Gasteiger partial charge in [-0.25, -0.2) is 0 Å². The Hall–Kier alpha value is -1.05. The number of carbonyl (C=O) groups excluding carboxylic acids is 1. The molecule has 0 N–H and O–H groups in total. The van der Waals surface area contributed by atoms with E-state index in [9.17, 15) is 4.79 Å². The van der Waals surface area contributed by atoms with Crippen LogP contribution in [0.4, 0.5) is 0 Å². The Morgan fingerprint density at radius 2 is 2.09 bits per heavy atom. The summed E-state index contributed by atoms with van der Waals surface area (Å²) in [6, 6.07) is 0.407. The lowest BCUT2D eigenvalue weighted by atomic mass is 10.3. The fourth-order valence-corrected chi connectivity index (χ4v) is 0.515. The molecule has 0 bridgehead atoms. The Bertz CT molecular complexity index is 160. The Balaban J connectivity index is 4.25. The molecule has 0 aromatic carbocycles. The van der Waals surface area contributed by atoms with Crippen molar-refractivity contribution < 1.29 is 4.79 Å². The molecule has 0 aromatic rings. The largest absolute Gasteiger partial charge is 0.377 e. The predicted molar refractivity (Wildman–Crippen MR) is 47.2 cm³/mol. The molecule has 0 aromatic heterocycles. The van der Waals surface area contributed by atoms with Gasteiger partial charge in [-0.2, -0.15) is 0 Å². The summed E-state index contributed by atoms with van der Waals surface area (Å²) in [5.74, 6) is 0. The van der Waals surface area contributed by atoms with Gasteiger partial charge in [0.15, 0.2) is 6.29 Å². The maximum Gasteiger partial charge on any atom is 0.151 e. The molecule has 0 atom stereocenters. The number of nitrogens with zero attached hydrogens (tertiary/aromatic N) is 1. The molecule has 0 rings (SSSR count). The molecule has 0 spiro atoms. The van der Waals surface area contributed by atoms with Crippen molar-refractivity contribution in [1.82, 2.24) is 4.90 Å². The van der Waals surface area contributed by atoms with Gasteiger partial charge >= 0.3 is 0 Å². The predicted octanol–water partition coefficient (Wildman–Crippen LogP) is 1.60. The van der Waals surface area contributed by atoms with Crippen molar-refractivity contribution in [3.63, 3.8) is 0 Å². The van der Waals surface area contributed by atoms with Gasteiger partial charge in [-0.1, -0.05) is 12.7 Å². The summed E-state index contributed by atoms with van der Waals surface area (Å²) < 4.78 is 0. The lowest BCUT2D eigenvalue weighted by Crippen LogP contribution is -2.20. The topological polar surface area (TPSA) is 20.3 Å². The number of aldehydes is 1. The first-order valence-corrected chi connectivity index (χ1v) is 3.63. The van der Waals surface area contributed by atoms with Gasteiger partial charge < -0.3 is 4.90 Å². The van der Waals surface area contributed by atoms with Crippen LogP contribution in [-0.4, -0.2) is 24.3 Å². The van der Waals surface area contributed by atoms with Crippen molar-refractivity contribution in [2.75, 3.05) is 7.05 Å². The second-order valence-electron chi connectivity index (χ2n) is 2.71. The molecule has 0 amide bonds. The van der Waals surface area contributed by atoms with Gasteiger partial charge in [0, 0.05) is 24.9 Å². The molecule has 0 heterocycles. The molecule has 0 unspecified atom stereocenters. The zero-order chi connectivity index (χ0) is 8.85. The molecule has 0 fully saturated rings. The number of allylic oxidation sites excluding steroid dienone is 2. The molecule has 0 saturated heterocycles. The first-order chi connectivity index (χ1) is 5.11. The first kappa shape index (κ1) is 9.95. The third-order valence-corrected chi connectivity index (χ3v) is 1.54. The van der Waals surface area contributed by atoms with Gasteiger partial charge in [0.05, 0.1) is 0 Å². The summed E-state index contributed by atoms with van der Waals surface area (Å²) >= 11 is 0. The van der Waals surface area contributed by atoms with Gasteiger partial charge in [0.2, 0.25) is 0 Å². The number of carbonyl (C=O) groups is 1. The lowest BCUT2D eigenvalue weighted by Gasteiger charge is -2.18. The van der Waals surface area contributed by atoms with Crippen molar-refractivity contribution >= 4 is 6.29 Å². The monoisotopic (exact) mass is 153 g/mol. The van der Waals surface area contributed by atoms with Crippen LogP contribution in [0.15, 0.2) is 24.4 Å². The zero-order valence-electron chi connectivity index (χ0n) is 7.37. The fraction of sp³-hybridized carbons (Fsp3) is 0.444. The lowest BCUT2D eigenvalue weighted by molar-refractivity contribution is -0.104. The quantitative estimate of drug-likeness (QED) is 0.347. The normalized spacial score (nSPS) is 11.5. The van der Waals surface area contributed by atoms with E-state index in [1.54, 1.807) is 12.3 Å². The van der Waals surface area contributed by atoms with Gasteiger partial charge in [0.1, 0.15) is 0 Å². The first-order valence-electron chi connectivity index (χ1n) is 3.63. The molecular weight excluding hydrogens is 138 g/mol. The van der Waals surface area contributed by atoms with Crippen LogP contribution in [0.3, 0.4) is 0 Å². The van der Waals surface area contributed by atoms with E-state index < -0.39 is 0 Å². The van der Waals surface area contributed by atoms with Crippen LogP contribution in [0.2, 0.25) is 0 Å². The minimum absolute atomic E-state index is 0.407. The summed E-state index contributed by atoms with van der Waals surface area (Å²) in [6.07, 6.45) is 4.13. The van der Waals surface area contributed by atoms with Gasteiger partial charge in [-0.05, 0) is 13.8 Å². The zero-order valence-corrected chi connectivity index (χ0v) is 7.37. The summed E-state index contributed by atoms with van der Waals surface area (Å²) in [6.45, 7) is 7.63. The van der Waals surface area contributed by atoms with Crippen LogP contribution in [0.25, 0.3) is 0 Å². The van der Waals surface area contributed by atoms with Crippen molar-refractivity contribution in [3.05, 3.63) is 24.4 Å². The Morgan fingerprint density at radius 1 is 1.55 bits per heavy atom. The standard InChI is InChI=1S/C9H15NO/c1-5-9(7-11)6-10(4)8(2)3/h5-8H,1H2,2-4H3/b9-6+. The Labute approximate surface area is 68.2 Å². The van der Waals surface area contributed by atoms with E-state index >= 15 is 0 Å². The molecule has 0 aliphatic rings. The van der Waals surface area contributed by atoms with Gasteiger partial charge in [0.25, 0.3) is 0 Å². The van der Waals surface area contributed by atoms with Crippen LogP contribution >= 0.6 is 0 Å². The molecule has 11 heavy (non-hydrogen) atoms. The SMILES string of the molecule is C=C/C(C=O)=C\N(C)C(C)C. The second-order valence-corrected chi connectivity index (χ2v) is 2.71. The molecule has 2 nitrogen and oxygen atoms in total. The Morgan fingerprint density at radius 3 is 2.36 bits per heavy atom. The summed E-state index contributed by atoms with van der Waals surface area (Å²) in [5, 5.41) is 0. The summed E-state index contributed by atoms with van der Waals surface area (Å²) in [4.78, 5) is 12.3. The van der Waals surface area contributed by atoms with Gasteiger partial charge in [-0.3, -0.25) is 4.79 Å². The third-order valence-electron chi connectivity index (χ3n) is 1.54. The number of rotatable bonds is 4. The van der Waals surface area contributed by atoms with Crippen LogP contribution in [0, 0.1) is 0 Å². The molecule has 0 radical (unpaired) electrons. The van der Waals surface area contributed by atoms with E-state index in [0.29, 0.717) is 11.6 Å². The number of hydrogen-bond donors (Lipinski definition) is 0. The molecule has 2 heteroatoms. The Kier molecular flexibility index (Phi) is 4.27. The van der Waals surface area contributed by atoms with Crippen LogP contribution in [0.5, 0.6) is 0 Å². The average molecular weight is 153 g/mol. The third kappa shape index (κ3) is 3.61. The second kappa shape index (κ2) is 4.72. The molecule has 0 aliphatic carbocycles. The molecule has 62 valence electrons. The van der Waals surface area contributed by atoms with E-state index in [2.05, 4.69) is 20.4 Å². The maximum absolute atomic E-state index is 10.3. The van der Waals surface area contributed by atoms with Crippen LogP contribution < -0.4 is 0 Å². The average Bonchev–Trinajstić information content (AvgIpc) is 1.99.